The molecule has 1 saturated heterocycles. The number of anilines is 1. The molecule has 1 fully saturated rings. The number of hydrogen-bond acceptors (Lipinski definition) is 4. The molecule has 2 aromatic rings. The zero-order valence-electron chi connectivity index (χ0n) is 15.7. The Hall–Kier alpha value is -1.90. The summed E-state index contributed by atoms with van der Waals surface area (Å²) in [7, 11) is -3.72. The number of halogens is 1. The summed E-state index contributed by atoms with van der Waals surface area (Å²) in [5, 5.41) is 2.97. The predicted molar refractivity (Wildman–Crippen MR) is 114 cm³/mol. The van der Waals surface area contributed by atoms with Gasteiger partial charge in [0.15, 0.2) is 0 Å². The third-order valence-electron chi connectivity index (χ3n) is 4.90. The number of likely N-dealkylation sites (N-methyl/N-ethyl adjacent to an activating group) is 1. The Morgan fingerprint density at radius 1 is 1.21 bits per heavy atom. The van der Waals surface area contributed by atoms with Gasteiger partial charge >= 0.3 is 0 Å². The highest BCUT2D eigenvalue weighted by Crippen LogP contribution is 2.20. The quantitative estimate of drug-likeness (QED) is 0.655. The Kier molecular flexibility index (Phi) is 6.74. The molecule has 0 aromatic heterocycles. The zero-order chi connectivity index (χ0) is 20.1. The number of benzene rings is 2. The molecule has 1 atom stereocenters. The number of sulfonamides is 1. The fourth-order valence-electron chi connectivity index (χ4n) is 3.41. The van der Waals surface area contributed by atoms with Crippen molar-refractivity contribution in [2.24, 2.45) is 0 Å². The number of nitrogens with zero attached hydrogens (tertiary/aromatic N) is 1. The number of nitrogens with one attached hydrogen (secondary N) is 2. The van der Waals surface area contributed by atoms with Crippen LogP contribution in [0.4, 0.5) is 5.69 Å². The fourth-order valence-corrected chi connectivity index (χ4v) is 4.72. The maximum atomic E-state index is 12.5. The average Bonchev–Trinajstić information content (AvgIpc) is 3.14. The monoisotopic (exact) mass is 465 g/mol. The van der Waals surface area contributed by atoms with Crippen LogP contribution in [0.2, 0.25) is 0 Å². The molecule has 0 aliphatic carbocycles. The maximum absolute atomic E-state index is 12.5. The summed E-state index contributed by atoms with van der Waals surface area (Å²) in [5.74, 6) is -0.201. The second kappa shape index (κ2) is 9.07. The lowest BCUT2D eigenvalue weighted by Crippen LogP contribution is -2.40. The Bertz CT molecular complexity index is 932. The van der Waals surface area contributed by atoms with Crippen LogP contribution in [0, 0.1) is 0 Å². The van der Waals surface area contributed by atoms with Crippen LogP contribution < -0.4 is 10.0 Å². The van der Waals surface area contributed by atoms with Crippen LogP contribution in [-0.4, -0.2) is 44.9 Å². The molecule has 1 amide bonds. The van der Waals surface area contributed by atoms with Crippen LogP contribution in [0.5, 0.6) is 0 Å². The maximum Gasteiger partial charge on any atom is 0.261 e. The molecular weight excluding hydrogens is 442 g/mol. The second-order valence-corrected chi connectivity index (χ2v) is 9.37. The van der Waals surface area contributed by atoms with Gasteiger partial charge in [0, 0.05) is 28.3 Å². The van der Waals surface area contributed by atoms with Gasteiger partial charge in [-0.25, -0.2) is 8.42 Å². The van der Waals surface area contributed by atoms with E-state index in [0.29, 0.717) is 23.8 Å². The molecule has 1 aliphatic heterocycles. The lowest BCUT2D eigenvalue weighted by Gasteiger charge is -2.22. The first kappa shape index (κ1) is 20.8. The van der Waals surface area contributed by atoms with Crippen LogP contribution in [0.15, 0.2) is 57.9 Å². The first-order valence-electron chi connectivity index (χ1n) is 9.30. The molecule has 8 heteroatoms. The molecule has 6 nitrogen and oxygen atoms in total. The van der Waals surface area contributed by atoms with Crippen molar-refractivity contribution < 1.29 is 13.2 Å². The Balaban J connectivity index is 1.66. The molecule has 0 bridgehead atoms. The van der Waals surface area contributed by atoms with Gasteiger partial charge in [-0.1, -0.05) is 28.9 Å². The van der Waals surface area contributed by atoms with E-state index in [4.69, 9.17) is 0 Å². The summed E-state index contributed by atoms with van der Waals surface area (Å²) in [6.07, 6.45) is 2.24. The fraction of sp³-hybridized carbons (Fsp3) is 0.350. The van der Waals surface area contributed by atoms with Gasteiger partial charge < -0.3 is 5.32 Å². The van der Waals surface area contributed by atoms with Gasteiger partial charge in [0.1, 0.15) is 0 Å². The molecule has 0 saturated carbocycles. The number of amides is 1. The lowest BCUT2D eigenvalue weighted by molar-refractivity contribution is 0.0941. The predicted octanol–water partition coefficient (Wildman–Crippen LogP) is 3.46. The van der Waals surface area contributed by atoms with E-state index >= 15 is 0 Å². The highest BCUT2D eigenvalue weighted by atomic mass is 79.9. The van der Waals surface area contributed by atoms with Crippen LogP contribution in [0.3, 0.4) is 0 Å². The number of rotatable bonds is 7. The van der Waals surface area contributed by atoms with Gasteiger partial charge in [-0.05, 0) is 68.4 Å². The van der Waals surface area contributed by atoms with Crippen molar-refractivity contribution in [3.05, 3.63) is 58.6 Å². The molecule has 0 radical (unpaired) electrons. The molecule has 28 heavy (non-hydrogen) atoms. The standard InChI is InChI=1S/C20H24BrN3O3S/c1-2-24-12-4-7-18(24)14-22-20(25)15-5-3-6-17(13-15)23-28(26,27)19-10-8-16(21)9-11-19/h3,5-6,8-11,13,18,23H,2,4,7,12,14H2,1H3,(H,22,25). The summed E-state index contributed by atoms with van der Waals surface area (Å²) in [4.78, 5) is 15.0. The lowest BCUT2D eigenvalue weighted by atomic mass is 10.1. The number of likely N-dealkylation sites (tertiary alicyclic amines) is 1. The van der Waals surface area contributed by atoms with Crippen molar-refractivity contribution >= 4 is 37.5 Å². The van der Waals surface area contributed by atoms with E-state index in [1.54, 1.807) is 36.4 Å². The minimum atomic E-state index is -3.72. The average molecular weight is 466 g/mol. The largest absolute Gasteiger partial charge is 0.350 e. The van der Waals surface area contributed by atoms with E-state index in [9.17, 15) is 13.2 Å². The van der Waals surface area contributed by atoms with Crippen molar-refractivity contribution in [1.29, 1.82) is 0 Å². The summed E-state index contributed by atoms with van der Waals surface area (Å²) in [6, 6.07) is 13.3. The molecule has 150 valence electrons. The van der Waals surface area contributed by atoms with E-state index < -0.39 is 10.0 Å². The third-order valence-corrected chi connectivity index (χ3v) is 6.83. The Morgan fingerprint density at radius 2 is 1.96 bits per heavy atom. The van der Waals surface area contributed by atoms with E-state index in [-0.39, 0.29) is 10.8 Å². The third kappa shape index (κ3) is 5.12. The number of carbonyl (C=O) groups excluding carboxylic acids is 1. The number of hydrogen-bond donors (Lipinski definition) is 2. The molecule has 1 heterocycles. The van der Waals surface area contributed by atoms with Crippen LogP contribution in [0.25, 0.3) is 0 Å². The summed E-state index contributed by atoms with van der Waals surface area (Å²) in [5.41, 5.74) is 0.781. The first-order valence-corrected chi connectivity index (χ1v) is 11.6. The first-order chi connectivity index (χ1) is 13.4. The van der Waals surface area contributed by atoms with Crippen LogP contribution in [0.1, 0.15) is 30.1 Å². The number of carbonyl (C=O) groups is 1. The topological polar surface area (TPSA) is 78.5 Å². The van der Waals surface area contributed by atoms with E-state index in [1.165, 1.54) is 12.1 Å². The van der Waals surface area contributed by atoms with Gasteiger partial charge in [-0.2, -0.15) is 0 Å². The van der Waals surface area contributed by atoms with Gasteiger partial charge in [0.25, 0.3) is 15.9 Å². The Morgan fingerprint density at radius 3 is 2.68 bits per heavy atom. The van der Waals surface area contributed by atoms with Crippen molar-refractivity contribution in [3.63, 3.8) is 0 Å². The normalized spacial score (nSPS) is 17.4. The van der Waals surface area contributed by atoms with E-state index in [2.05, 4.69) is 37.8 Å². The van der Waals surface area contributed by atoms with Gasteiger partial charge in [0.05, 0.1) is 4.90 Å². The smallest absolute Gasteiger partial charge is 0.261 e. The van der Waals surface area contributed by atoms with Crippen LogP contribution in [-0.2, 0) is 10.0 Å². The molecule has 1 unspecified atom stereocenters. The summed E-state index contributed by atoms with van der Waals surface area (Å²) in [6.45, 7) is 4.78. The van der Waals surface area contributed by atoms with Gasteiger partial charge in [-0.3, -0.25) is 14.4 Å². The molecule has 0 spiro atoms. The van der Waals surface area contributed by atoms with Gasteiger partial charge in [0.2, 0.25) is 0 Å². The summed E-state index contributed by atoms with van der Waals surface area (Å²) >= 11 is 3.29. The Labute approximate surface area is 174 Å². The second-order valence-electron chi connectivity index (χ2n) is 6.77. The van der Waals surface area contributed by atoms with Crippen molar-refractivity contribution in [2.75, 3.05) is 24.4 Å². The van der Waals surface area contributed by atoms with Crippen LogP contribution >= 0.6 is 15.9 Å². The molecule has 3 rings (SSSR count). The van der Waals surface area contributed by atoms with Gasteiger partial charge in [-0.15, -0.1) is 0 Å². The SMILES string of the molecule is CCN1CCCC1CNC(=O)c1cccc(NS(=O)(=O)c2ccc(Br)cc2)c1. The highest BCUT2D eigenvalue weighted by molar-refractivity contribution is 9.10. The van der Waals surface area contributed by atoms with Crippen molar-refractivity contribution in [3.8, 4) is 0 Å². The molecule has 2 N–H and O–H groups in total. The molecule has 2 aromatic carbocycles. The van der Waals surface area contributed by atoms with E-state index in [1.807, 2.05) is 0 Å². The minimum Gasteiger partial charge on any atom is -0.350 e. The molecule has 1 aliphatic rings. The highest BCUT2D eigenvalue weighted by Gasteiger charge is 2.23. The zero-order valence-corrected chi connectivity index (χ0v) is 18.1. The van der Waals surface area contributed by atoms with Crippen molar-refractivity contribution in [1.82, 2.24) is 10.2 Å². The summed E-state index contributed by atoms with van der Waals surface area (Å²) < 4.78 is 28.4. The van der Waals surface area contributed by atoms with E-state index in [0.717, 1.165) is 30.4 Å². The minimum absolute atomic E-state index is 0.159. The molecular formula is C20H24BrN3O3S. The van der Waals surface area contributed by atoms with Crippen molar-refractivity contribution in [2.45, 2.75) is 30.7 Å².